The maximum atomic E-state index is 13.2. The number of aromatic nitrogens is 1. The average Bonchev–Trinajstić information content (AvgIpc) is 3.23. The molecule has 0 aliphatic rings. The highest BCUT2D eigenvalue weighted by atomic mass is 35.5. The molecule has 4 nitrogen and oxygen atoms in total. The maximum absolute atomic E-state index is 13.2. The van der Waals surface area contributed by atoms with Crippen molar-refractivity contribution < 1.29 is 4.79 Å². The van der Waals surface area contributed by atoms with Crippen LogP contribution in [0.4, 0.5) is 0 Å². The normalized spacial score (nSPS) is 11.7. The molecule has 2 aromatic carbocycles. The lowest BCUT2D eigenvalue weighted by Crippen LogP contribution is -2.20. The van der Waals surface area contributed by atoms with Gasteiger partial charge < -0.3 is 0 Å². The van der Waals surface area contributed by atoms with Crippen molar-refractivity contribution in [2.75, 3.05) is 0 Å². The number of fused-ring (bicyclic) bond motifs is 1. The van der Waals surface area contributed by atoms with Crippen LogP contribution in [0.15, 0.2) is 65.8 Å². The van der Waals surface area contributed by atoms with E-state index in [2.05, 4.69) is 43.4 Å². The maximum Gasteiger partial charge on any atom is 0.272 e. The molecule has 4 aromatic rings. The lowest BCUT2D eigenvalue weighted by Gasteiger charge is -2.11. The Morgan fingerprint density at radius 3 is 2.59 bits per heavy atom. The second-order valence-corrected chi connectivity index (χ2v) is 9.44. The summed E-state index contributed by atoms with van der Waals surface area (Å²) in [6.45, 7) is 6.24. The Morgan fingerprint density at radius 1 is 1.06 bits per heavy atom. The Hall–Kier alpha value is -3.02. The Labute approximate surface area is 197 Å². The van der Waals surface area contributed by atoms with Crippen LogP contribution in [0.25, 0.3) is 22.2 Å². The molecule has 0 aliphatic carbocycles. The number of carbonyl (C=O) groups is 1. The number of benzene rings is 2. The molecule has 0 spiro atoms. The van der Waals surface area contributed by atoms with Gasteiger partial charge in [0.25, 0.3) is 5.91 Å². The monoisotopic (exact) mass is 461 g/mol. The molecule has 0 atom stereocenters. The number of amides is 1. The molecule has 4 rings (SSSR count). The SMILES string of the molecule is CCC/C(=N/NC(=O)c1cc(-c2ccc(C)c(C)c2)nc2ccccc12)c1ccc(Cl)s1. The van der Waals surface area contributed by atoms with Gasteiger partial charge in [0.1, 0.15) is 0 Å². The Bertz CT molecular complexity index is 1330. The van der Waals surface area contributed by atoms with Gasteiger partial charge in [-0.25, -0.2) is 10.4 Å². The minimum atomic E-state index is -0.259. The first kappa shape index (κ1) is 22.2. The zero-order valence-corrected chi connectivity index (χ0v) is 19.8. The lowest BCUT2D eigenvalue weighted by atomic mass is 10.0. The fourth-order valence-corrected chi connectivity index (χ4v) is 4.59. The largest absolute Gasteiger partial charge is 0.272 e. The number of hydrazone groups is 1. The molecule has 1 amide bonds. The summed E-state index contributed by atoms with van der Waals surface area (Å²) in [7, 11) is 0. The topological polar surface area (TPSA) is 54.4 Å². The summed E-state index contributed by atoms with van der Waals surface area (Å²) in [4.78, 5) is 19.0. The summed E-state index contributed by atoms with van der Waals surface area (Å²) < 4.78 is 0.702. The van der Waals surface area contributed by atoms with E-state index in [9.17, 15) is 4.79 Å². The van der Waals surface area contributed by atoms with Gasteiger partial charge >= 0.3 is 0 Å². The number of halogens is 1. The van der Waals surface area contributed by atoms with Gasteiger partial charge in [-0.05, 0) is 61.7 Å². The van der Waals surface area contributed by atoms with Crippen molar-refractivity contribution in [3.8, 4) is 11.3 Å². The molecule has 32 heavy (non-hydrogen) atoms. The Morgan fingerprint density at radius 2 is 1.88 bits per heavy atom. The van der Waals surface area contributed by atoms with Crippen molar-refractivity contribution in [2.45, 2.75) is 33.6 Å². The predicted molar refractivity (Wildman–Crippen MR) is 135 cm³/mol. The second-order valence-electron chi connectivity index (χ2n) is 7.72. The van der Waals surface area contributed by atoms with E-state index < -0.39 is 0 Å². The third kappa shape index (κ3) is 4.74. The van der Waals surface area contributed by atoms with E-state index in [-0.39, 0.29) is 5.91 Å². The molecule has 6 heteroatoms. The van der Waals surface area contributed by atoms with E-state index in [0.717, 1.165) is 45.6 Å². The average molecular weight is 462 g/mol. The van der Waals surface area contributed by atoms with Gasteiger partial charge in [0.15, 0.2) is 0 Å². The molecule has 2 aromatic heterocycles. The van der Waals surface area contributed by atoms with Crippen LogP contribution in [0.1, 0.15) is 46.1 Å². The Balaban J connectivity index is 1.73. The summed E-state index contributed by atoms with van der Waals surface area (Å²) in [6.07, 6.45) is 1.67. The highest BCUT2D eigenvalue weighted by Crippen LogP contribution is 2.27. The smallest absolute Gasteiger partial charge is 0.267 e. The highest BCUT2D eigenvalue weighted by molar-refractivity contribution is 7.18. The van der Waals surface area contributed by atoms with Crippen molar-refractivity contribution >= 4 is 45.5 Å². The zero-order valence-electron chi connectivity index (χ0n) is 18.3. The Kier molecular flexibility index (Phi) is 6.68. The fraction of sp³-hybridized carbons (Fsp3) is 0.192. The van der Waals surface area contributed by atoms with Crippen LogP contribution in [0, 0.1) is 13.8 Å². The van der Waals surface area contributed by atoms with E-state index >= 15 is 0 Å². The van der Waals surface area contributed by atoms with Crippen molar-refractivity contribution in [3.05, 3.63) is 86.6 Å². The summed E-state index contributed by atoms with van der Waals surface area (Å²) in [5.74, 6) is -0.259. The molecule has 0 unspecified atom stereocenters. The number of nitrogens with one attached hydrogen (secondary N) is 1. The summed E-state index contributed by atoms with van der Waals surface area (Å²) in [6, 6.07) is 19.5. The van der Waals surface area contributed by atoms with Gasteiger partial charge in [-0.3, -0.25) is 4.79 Å². The van der Waals surface area contributed by atoms with Crippen LogP contribution >= 0.6 is 22.9 Å². The molecule has 0 bridgehead atoms. The first-order valence-electron chi connectivity index (χ1n) is 10.6. The molecular formula is C26H24ClN3OS. The molecule has 0 fully saturated rings. The lowest BCUT2D eigenvalue weighted by molar-refractivity contribution is 0.0956. The van der Waals surface area contributed by atoms with E-state index in [1.165, 1.54) is 22.5 Å². The minimum Gasteiger partial charge on any atom is -0.267 e. The van der Waals surface area contributed by atoms with E-state index in [1.54, 1.807) is 0 Å². The third-order valence-corrected chi connectivity index (χ3v) is 6.68. The van der Waals surface area contributed by atoms with E-state index in [1.807, 2.05) is 48.5 Å². The van der Waals surface area contributed by atoms with Gasteiger partial charge in [-0.1, -0.05) is 55.3 Å². The minimum absolute atomic E-state index is 0.259. The zero-order chi connectivity index (χ0) is 22.7. The quantitative estimate of drug-likeness (QED) is 0.244. The van der Waals surface area contributed by atoms with E-state index in [4.69, 9.17) is 16.6 Å². The van der Waals surface area contributed by atoms with Crippen molar-refractivity contribution in [1.29, 1.82) is 0 Å². The standard InChI is InChI=1S/C26H24ClN3OS/c1-4-7-22(24-12-13-25(27)32-24)29-30-26(31)20-15-23(18-11-10-16(2)17(3)14-18)28-21-9-6-5-8-19(20)21/h5-6,8-15H,4,7H2,1-3H3,(H,30,31)/b29-22-. The molecule has 0 saturated heterocycles. The van der Waals surface area contributed by atoms with Gasteiger partial charge in [-0.2, -0.15) is 5.10 Å². The molecule has 2 heterocycles. The predicted octanol–water partition coefficient (Wildman–Crippen LogP) is 7.17. The third-order valence-electron chi connectivity index (χ3n) is 5.40. The molecule has 0 radical (unpaired) electrons. The van der Waals surface area contributed by atoms with Crippen LogP contribution in [0.5, 0.6) is 0 Å². The summed E-state index contributed by atoms with van der Waals surface area (Å²) in [5, 5.41) is 5.25. The number of nitrogens with zero attached hydrogens (tertiary/aromatic N) is 2. The van der Waals surface area contributed by atoms with Crippen LogP contribution < -0.4 is 5.43 Å². The highest BCUT2D eigenvalue weighted by Gasteiger charge is 2.15. The van der Waals surface area contributed by atoms with Crippen molar-refractivity contribution in [2.24, 2.45) is 5.10 Å². The second kappa shape index (κ2) is 9.63. The van der Waals surface area contributed by atoms with Gasteiger partial charge in [-0.15, -0.1) is 11.3 Å². The molecular weight excluding hydrogens is 438 g/mol. The molecule has 0 aliphatic heterocycles. The number of hydrogen-bond acceptors (Lipinski definition) is 4. The van der Waals surface area contributed by atoms with Gasteiger partial charge in [0.2, 0.25) is 0 Å². The number of thiophene rings is 1. The number of para-hydroxylation sites is 1. The number of pyridine rings is 1. The summed E-state index contributed by atoms with van der Waals surface area (Å²) in [5.41, 5.74) is 9.07. The first-order valence-corrected chi connectivity index (χ1v) is 11.8. The fourth-order valence-electron chi connectivity index (χ4n) is 3.53. The van der Waals surface area contributed by atoms with Crippen LogP contribution in [-0.2, 0) is 0 Å². The number of carbonyl (C=O) groups excluding carboxylic acids is 1. The molecule has 1 N–H and O–H groups in total. The molecule has 0 saturated carbocycles. The number of hydrogen-bond donors (Lipinski definition) is 1. The number of aryl methyl sites for hydroxylation is 2. The van der Waals surface area contributed by atoms with Crippen LogP contribution in [0.2, 0.25) is 4.34 Å². The first-order chi connectivity index (χ1) is 15.5. The van der Waals surface area contributed by atoms with Crippen LogP contribution in [-0.4, -0.2) is 16.6 Å². The van der Waals surface area contributed by atoms with Crippen molar-refractivity contribution in [1.82, 2.24) is 10.4 Å². The summed E-state index contributed by atoms with van der Waals surface area (Å²) >= 11 is 7.56. The molecule has 162 valence electrons. The van der Waals surface area contributed by atoms with Gasteiger partial charge in [0.05, 0.1) is 31.7 Å². The van der Waals surface area contributed by atoms with Crippen molar-refractivity contribution in [3.63, 3.8) is 0 Å². The van der Waals surface area contributed by atoms with Crippen LogP contribution in [0.3, 0.4) is 0 Å². The van der Waals surface area contributed by atoms with Gasteiger partial charge in [0, 0.05) is 10.9 Å². The number of rotatable bonds is 6. The van der Waals surface area contributed by atoms with E-state index in [0.29, 0.717) is 9.90 Å².